The Hall–Kier alpha value is -1.42. The van der Waals surface area contributed by atoms with Crippen molar-refractivity contribution >= 4 is 5.97 Å². The van der Waals surface area contributed by atoms with Crippen LogP contribution >= 0.6 is 0 Å². The molecule has 0 amide bonds. The van der Waals surface area contributed by atoms with Gasteiger partial charge in [0.05, 0.1) is 13.5 Å². The molecule has 4 nitrogen and oxygen atoms in total. The van der Waals surface area contributed by atoms with Crippen LogP contribution in [0.4, 0.5) is 0 Å². The molecule has 0 saturated carbocycles. The van der Waals surface area contributed by atoms with Gasteiger partial charge in [-0.25, -0.2) is 0 Å². The van der Waals surface area contributed by atoms with Crippen molar-refractivity contribution in [3.05, 3.63) is 29.6 Å². The van der Waals surface area contributed by atoms with Crippen LogP contribution in [0.5, 0.6) is 0 Å². The van der Waals surface area contributed by atoms with Crippen molar-refractivity contribution in [1.29, 1.82) is 0 Å². The number of nitrogens with one attached hydrogen (secondary N) is 1. The Morgan fingerprint density at radius 3 is 3.00 bits per heavy atom. The summed E-state index contributed by atoms with van der Waals surface area (Å²) >= 11 is 0. The summed E-state index contributed by atoms with van der Waals surface area (Å²) in [6, 6.07) is 2.07. The standard InChI is InChI=1S/C11H16N2O2/c1-9-5-10(8-13-6-9)7-12-4-3-11(14)15-2/h5-6,8,12H,3-4,7H2,1-2H3. The van der Waals surface area contributed by atoms with Crippen LogP contribution in [-0.2, 0) is 16.1 Å². The summed E-state index contributed by atoms with van der Waals surface area (Å²) in [5.74, 6) is -0.190. The molecule has 0 fully saturated rings. The average Bonchev–Trinajstić information content (AvgIpc) is 2.24. The third-order valence-electron chi connectivity index (χ3n) is 1.99. The topological polar surface area (TPSA) is 51.2 Å². The Morgan fingerprint density at radius 1 is 1.53 bits per heavy atom. The van der Waals surface area contributed by atoms with Crippen molar-refractivity contribution in [3.63, 3.8) is 0 Å². The normalized spacial score (nSPS) is 10.0. The van der Waals surface area contributed by atoms with Gasteiger partial charge in [-0.05, 0) is 18.1 Å². The maximum absolute atomic E-state index is 10.8. The van der Waals surface area contributed by atoms with Crippen molar-refractivity contribution in [2.45, 2.75) is 19.9 Å². The number of pyridine rings is 1. The van der Waals surface area contributed by atoms with Crippen LogP contribution in [0, 0.1) is 6.92 Å². The molecule has 0 atom stereocenters. The van der Waals surface area contributed by atoms with Crippen LogP contribution in [0.1, 0.15) is 17.5 Å². The number of methoxy groups -OCH3 is 1. The van der Waals surface area contributed by atoms with E-state index in [0.29, 0.717) is 13.0 Å². The van der Waals surface area contributed by atoms with E-state index in [2.05, 4.69) is 21.1 Å². The zero-order valence-electron chi connectivity index (χ0n) is 9.12. The first-order valence-electron chi connectivity index (χ1n) is 4.90. The van der Waals surface area contributed by atoms with Gasteiger partial charge in [0, 0.05) is 25.5 Å². The fraction of sp³-hybridized carbons (Fsp3) is 0.455. The molecule has 1 aromatic heterocycles. The lowest BCUT2D eigenvalue weighted by molar-refractivity contribution is -0.140. The second kappa shape index (κ2) is 6.14. The summed E-state index contributed by atoms with van der Waals surface area (Å²) < 4.78 is 4.53. The number of aryl methyl sites for hydroxylation is 1. The smallest absolute Gasteiger partial charge is 0.306 e. The van der Waals surface area contributed by atoms with Gasteiger partial charge in [-0.3, -0.25) is 9.78 Å². The molecule has 1 N–H and O–H groups in total. The minimum Gasteiger partial charge on any atom is -0.469 e. The molecular weight excluding hydrogens is 192 g/mol. The van der Waals surface area contributed by atoms with Gasteiger partial charge in [-0.1, -0.05) is 6.07 Å². The highest BCUT2D eigenvalue weighted by Gasteiger charge is 1.99. The Kier molecular flexibility index (Phi) is 4.77. The summed E-state index contributed by atoms with van der Waals surface area (Å²) in [6.07, 6.45) is 4.03. The number of carbonyl (C=O) groups excluding carboxylic acids is 1. The second-order valence-corrected chi connectivity index (χ2v) is 3.37. The van der Waals surface area contributed by atoms with E-state index < -0.39 is 0 Å². The summed E-state index contributed by atoms with van der Waals surface area (Å²) in [5.41, 5.74) is 2.27. The van der Waals surface area contributed by atoms with E-state index >= 15 is 0 Å². The third kappa shape index (κ3) is 4.56. The minimum atomic E-state index is -0.190. The first-order valence-corrected chi connectivity index (χ1v) is 4.90. The van der Waals surface area contributed by atoms with Crippen molar-refractivity contribution in [1.82, 2.24) is 10.3 Å². The van der Waals surface area contributed by atoms with E-state index in [-0.39, 0.29) is 5.97 Å². The fourth-order valence-electron chi connectivity index (χ4n) is 1.24. The molecule has 0 saturated heterocycles. The molecule has 82 valence electrons. The van der Waals surface area contributed by atoms with Crippen LogP contribution in [0.3, 0.4) is 0 Å². The van der Waals surface area contributed by atoms with Crippen molar-refractivity contribution in [3.8, 4) is 0 Å². The van der Waals surface area contributed by atoms with Gasteiger partial charge in [0.2, 0.25) is 0 Å². The molecule has 0 unspecified atom stereocenters. The number of hydrogen-bond donors (Lipinski definition) is 1. The van der Waals surface area contributed by atoms with Crippen LogP contribution < -0.4 is 5.32 Å². The zero-order chi connectivity index (χ0) is 11.1. The number of ether oxygens (including phenoxy) is 1. The number of aromatic nitrogens is 1. The number of rotatable bonds is 5. The lowest BCUT2D eigenvalue weighted by Gasteiger charge is -2.04. The molecule has 1 rings (SSSR count). The van der Waals surface area contributed by atoms with Gasteiger partial charge >= 0.3 is 5.97 Å². The molecule has 15 heavy (non-hydrogen) atoms. The summed E-state index contributed by atoms with van der Waals surface area (Å²) in [6.45, 7) is 3.36. The van der Waals surface area contributed by atoms with Crippen LogP contribution in [0.15, 0.2) is 18.5 Å². The molecule has 0 aromatic carbocycles. The van der Waals surface area contributed by atoms with Gasteiger partial charge in [0.25, 0.3) is 0 Å². The minimum absolute atomic E-state index is 0.190. The third-order valence-corrected chi connectivity index (χ3v) is 1.99. The van der Waals surface area contributed by atoms with Gasteiger partial charge in [0.15, 0.2) is 0 Å². The Bertz CT molecular complexity index is 326. The van der Waals surface area contributed by atoms with Crippen LogP contribution in [0.25, 0.3) is 0 Å². The van der Waals surface area contributed by atoms with Gasteiger partial charge in [-0.15, -0.1) is 0 Å². The molecule has 1 heterocycles. The van der Waals surface area contributed by atoms with Gasteiger partial charge in [0.1, 0.15) is 0 Å². The van der Waals surface area contributed by atoms with Crippen LogP contribution in [-0.4, -0.2) is 24.6 Å². The van der Waals surface area contributed by atoms with E-state index in [9.17, 15) is 4.79 Å². The molecule has 0 aliphatic rings. The monoisotopic (exact) mass is 208 g/mol. The molecular formula is C11H16N2O2. The van der Waals surface area contributed by atoms with Gasteiger partial charge < -0.3 is 10.1 Å². The number of carbonyl (C=O) groups is 1. The maximum atomic E-state index is 10.8. The highest BCUT2D eigenvalue weighted by molar-refractivity contribution is 5.69. The number of esters is 1. The van der Waals surface area contributed by atoms with E-state index in [4.69, 9.17) is 0 Å². The first kappa shape index (κ1) is 11.7. The molecule has 1 aromatic rings. The Morgan fingerprint density at radius 2 is 2.33 bits per heavy atom. The highest BCUT2D eigenvalue weighted by atomic mass is 16.5. The average molecular weight is 208 g/mol. The number of hydrogen-bond acceptors (Lipinski definition) is 4. The van der Waals surface area contributed by atoms with E-state index in [0.717, 1.165) is 17.7 Å². The van der Waals surface area contributed by atoms with Crippen LogP contribution in [0.2, 0.25) is 0 Å². The summed E-state index contributed by atoms with van der Waals surface area (Å²) in [7, 11) is 1.40. The van der Waals surface area contributed by atoms with E-state index in [1.165, 1.54) is 7.11 Å². The lowest BCUT2D eigenvalue weighted by Crippen LogP contribution is -2.18. The summed E-state index contributed by atoms with van der Waals surface area (Å²) in [4.78, 5) is 14.9. The molecule has 0 radical (unpaired) electrons. The first-order chi connectivity index (χ1) is 7.22. The van der Waals surface area contributed by atoms with Crippen molar-refractivity contribution < 1.29 is 9.53 Å². The maximum Gasteiger partial charge on any atom is 0.306 e. The van der Waals surface area contributed by atoms with Gasteiger partial charge in [-0.2, -0.15) is 0 Å². The summed E-state index contributed by atoms with van der Waals surface area (Å²) in [5, 5.41) is 3.15. The highest BCUT2D eigenvalue weighted by Crippen LogP contribution is 2.00. The molecule has 4 heteroatoms. The Labute approximate surface area is 89.7 Å². The Balaban J connectivity index is 2.23. The fourth-order valence-corrected chi connectivity index (χ4v) is 1.24. The predicted octanol–water partition coefficient (Wildman–Crippen LogP) is 1.04. The molecule has 0 aliphatic heterocycles. The molecule has 0 aliphatic carbocycles. The van der Waals surface area contributed by atoms with Crippen molar-refractivity contribution in [2.24, 2.45) is 0 Å². The molecule has 0 bridgehead atoms. The van der Waals surface area contributed by atoms with E-state index in [1.807, 2.05) is 19.3 Å². The predicted molar refractivity (Wildman–Crippen MR) is 57.3 cm³/mol. The number of nitrogens with zero attached hydrogens (tertiary/aromatic N) is 1. The molecule has 0 spiro atoms. The quantitative estimate of drug-likeness (QED) is 0.580. The zero-order valence-corrected chi connectivity index (χ0v) is 9.12. The SMILES string of the molecule is COC(=O)CCNCc1cncc(C)c1. The lowest BCUT2D eigenvalue weighted by atomic mass is 10.2. The largest absolute Gasteiger partial charge is 0.469 e. The van der Waals surface area contributed by atoms with E-state index in [1.54, 1.807) is 0 Å². The van der Waals surface area contributed by atoms with Crippen molar-refractivity contribution in [2.75, 3.05) is 13.7 Å². The second-order valence-electron chi connectivity index (χ2n) is 3.37.